The average molecular weight is 209 g/mol. The molecule has 0 bridgehead atoms. The molecule has 3 aromatic rings. The molecule has 78 valence electrons. The van der Waals surface area contributed by atoms with Gasteiger partial charge in [0.1, 0.15) is 0 Å². The molecule has 0 saturated carbocycles. The monoisotopic (exact) mass is 209 g/mol. The number of aromatic nitrogens is 1. The van der Waals surface area contributed by atoms with Gasteiger partial charge in [0.25, 0.3) is 0 Å². The molecule has 0 atom stereocenters. The Morgan fingerprint density at radius 3 is 2.88 bits per heavy atom. The van der Waals surface area contributed by atoms with Crippen LogP contribution in [0.15, 0.2) is 47.4 Å². The van der Waals surface area contributed by atoms with E-state index in [2.05, 4.69) is 18.0 Å². The summed E-state index contributed by atoms with van der Waals surface area (Å²) in [5, 5.41) is 2.89. The number of hydrogen-bond acceptors (Lipinski definition) is 1. The van der Waals surface area contributed by atoms with E-state index < -0.39 is 0 Å². The summed E-state index contributed by atoms with van der Waals surface area (Å²) in [6, 6.07) is 11.4. The highest BCUT2D eigenvalue weighted by molar-refractivity contribution is 6.06. The SMILES string of the molecule is Cc1cc2cccc(=O)c2c2[nH]cccc12. The molecule has 0 aliphatic heterocycles. The fraction of sp³-hybridized carbons (Fsp3) is 0.0714. The normalized spacial score (nSPS) is 11.1. The highest BCUT2D eigenvalue weighted by Gasteiger charge is 2.05. The average Bonchev–Trinajstić information content (AvgIpc) is 2.29. The van der Waals surface area contributed by atoms with E-state index in [1.165, 1.54) is 5.56 Å². The van der Waals surface area contributed by atoms with Gasteiger partial charge in [-0.05, 0) is 30.0 Å². The molecular weight excluding hydrogens is 198 g/mol. The topological polar surface area (TPSA) is 32.9 Å². The number of nitrogens with one attached hydrogen (secondary N) is 1. The molecule has 1 heterocycles. The molecule has 2 nitrogen and oxygen atoms in total. The van der Waals surface area contributed by atoms with E-state index >= 15 is 0 Å². The van der Waals surface area contributed by atoms with E-state index in [4.69, 9.17) is 0 Å². The Hall–Kier alpha value is -2.09. The molecule has 0 aliphatic carbocycles. The largest absolute Gasteiger partial charge is 0.361 e. The van der Waals surface area contributed by atoms with Crippen LogP contribution < -0.4 is 5.43 Å². The standard InChI is InChI=1S/C14H11NO/c1-9-8-10-4-2-6-12(16)13(10)14-11(9)5-3-7-15-14/h2-8,15H,1H3. The van der Waals surface area contributed by atoms with Gasteiger partial charge >= 0.3 is 0 Å². The molecule has 0 spiro atoms. The smallest absolute Gasteiger partial charge is 0.188 e. The first kappa shape index (κ1) is 9.16. The van der Waals surface area contributed by atoms with Gasteiger partial charge in [0, 0.05) is 11.6 Å². The van der Waals surface area contributed by atoms with Gasteiger partial charge in [-0.3, -0.25) is 4.79 Å². The summed E-state index contributed by atoms with van der Waals surface area (Å²) >= 11 is 0. The number of aromatic amines is 1. The molecule has 0 aliphatic rings. The minimum Gasteiger partial charge on any atom is -0.361 e. The molecule has 16 heavy (non-hydrogen) atoms. The van der Waals surface area contributed by atoms with Crippen LogP contribution >= 0.6 is 0 Å². The van der Waals surface area contributed by atoms with E-state index in [0.717, 1.165) is 21.7 Å². The minimum absolute atomic E-state index is 0.0740. The van der Waals surface area contributed by atoms with Crippen molar-refractivity contribution in [1.82, 2.24) is 4.98 Å². The van der Waals surface area contributed by atoms with Crippen LogP contribution in [0.2, 0.25) is 0 Å². The predicted molar refractivity (Wildman–Crippen MR) is 66.8 cm³/mol. The number of hydrogen-bond donors (Lipinski definition) is 1. The van der Waals surface area contributed by atoms with Crippen molar-refractivity contribution < 1.29 is 0 Å². The fourth-order valence-corrected chi connectivity index (χ4v) is 2.22. The first-order valence-electron chi connectivity index (χ1n) is 5.27. The maximum atomic E-state index is 11.9. The van der Waals surface area contributed by atoms with Gasteiger partial charge in [0.05, 0.1) is 10.9 Å². The third kappa shape index (κ3) is 1.16. The van der Waals surface area contributed by atoms with Crippen molar-refractivity contribution in [3.63, 3.8) is 0 Å². The Morgan fingerprint density at radius 2 is 2.00 bits per heavy atom. The van der Waals surface area contributed by atoms with Gasteiger partial charge in [0.2, 0.25) is 0 Å². The van der Waals surface area contributed by atoms with Crippen molar-refractivity contribution in [3.05, 3.63) is 58.4 Å². The maximum absolute atomic E-state index is 11.9. The summed E-state index contributed by atoms with van der Waals surface area (Å²) in [5.74, 6) is 0. The van der Waals surface area contributed by atoms with Crippen molar-refractivity contribution in [1.29, 1.82) is 0 Å². The van der Waals surface area contributed by atoms with Crippen molar-refractivity contribution in [2.45, 2.75) is 6.92 Å². The van der Waals surface area contributed by atoms with Crippen molar-refractivity contribution in [2.24, 2.45) is 0 Å². The van der Waals surface area contributed by atoms with Crippen LogP contribution in [0.3, 0.4) is 0 Å². The molecule has 2 aromatic carbocycles. The molecule has 1 N–H and O–H groups in total. The fourth-order valence-electron chi connectivity index (χ4n) is 2.22. The summed E-state index contributed by atoms with van der Waals surface area (Å²) < 4.78 is 0. The van der Waals surface area contributed by atoms with E-state index in [0.29, 0.717) is 0 Å². The zero-order valence-electron chi connectivity index (χ0n) is 8.95. The van der Waals surface area contributed by atoms with Crippen molar-refractivity contribution >= 4 is 21.7 Å². The third-order valence-electron chi connectivity index (χ3n) is 2.96. The Bertz CT molecular complexity index is 740. The summed E-state index contributed by atoms with van der Waals surface area (Å²) in [6.07, 6.45) is 1.85. The van der Waals surface area contributed by atoms with Crippen LogP contribution in [0.1, 0.15) is 5.56 Å². The van der Waals surface area contributed by atoms with Crippen LogP contribution in [0.4, 0.5) is 0 Å². The quantitative estimate of drug-likeness (QED) is 0.567. The van der Waals surface area contributed by atoms with E-state index in [9.17, 15) is 4.79 Å². The zero-order valence-corrected chi connectivity index (χ0v) is 8.95. The summed E-state index contributed by atoms with van der Waals surface area (Å²) in [4.78, 5) is 15.1. The number of rotatable bonds is 0. The lowest BCUT2D eigenvalue weighted by Gasteiger charge is -2.06. The molecule has 0 unspecified atom stereocenters. The van der Waals surface area contributed by atoms with Gasteiger partial charge in [-0.15, -0.1) is 0 Å². The first-order valence-corrected chi connectivity index (χ1v) is 5.27. The molecule has 1 aromatic heterocycles. The highest BCUT2D eigenvalue weighted by Crippen LogP contribution is 2.23. The van der Waals surface area contributed by atoms with Crippen LogP contribution in [0.25, 0.3) is 21.7 Å². The lowest BCUT2D eigenvalue weighted by Crippen LogP contribution is -2.00. The van der Waals surface area contributed by atoms with Gasteiger partial charge < -0.3 is 4.98 Å². The number of aryl methyl sites for hydroxylation is 1. The van der Waals surface area contributed by atoms with Crippen molar-refractivity contribution in [3.8, 4) is 0 Å². The summed E-state index contributed by atoms with van der Waals surface area (Å²) in [7, 11) is 0. The van der Waals surface area contributed by atoms with Gasteiger partial charge in [-0.1, -0.05) is 24.3 Å². The lowest BCUT2D eigenvalue weighted by molar-refractivity contribution is 1.41. The third-order valence-corrected chi connectivity index (χ3v) is 2.96. The Labute approximate surface area is 92.5 Å². The Balaban J connectivity index is 2.72. The summed E-state index contributed by atoms with van der Waals surface area (Å²) in [6.45, 7) is 2.06. The second kappa shape index (κ2) is 3.20. The number of fused-ring (bicyclic) bond motifs is 3. The number of pyridine rings is 1. The predicted octanol–water partition coefficient (Wildman–Crippen LogP) is 2.99. The van der Waals surface area contributed by atoms with E-state index in [1.54, 1.807) is 12.1 Å². The van der Waals surface area contributed by atoms with Crippen LogP contribution in [-0.4, -0.2) is 4.98 Å². The zero-order chi connectivity index (χ0) is 11.1. The summed E-state index contributed by atoms with van der Waals surface area (Å²) in [5.41, 5.74) is 2.19. The maximum Gasteiger partial charge on any atom is 0.188 e. The van der Waals surface area contributed by atoms with Crippen LogP contribution in [-0.2, 0) is 0 Å². The molecular formula is C14H11NO. The molecule has 0 fully saturated rings. The van der Waals surface area contributed by atoms with Crippen molar-refractivity contribution in [2.75, 3.05) is 0 Å². The van der Waals surface area contributed by atoms with E-state index in [1.807, 2.05) is 24.4 Å². The van der Waals surface area contributed by atoms with E-state index in [-0.39, 0.29) is 5.43 Å². The van der Waals surface area contributed by atoms with Crippen LogP contribution in [0.5, 0.6) is 0 Å². The first-order chi connectivity index (χ1) is 7.77. The molecule has 0 saturated heterocycles. The second-order valence-electron chi connectivity index (χ2n) is 4.01. The number of benzene rings is 2. The minimum atomic E-state index is 0.0740. The molecule has 0 amide bonds. The van der Waals surface area contributed by atoms with Gasteiger partial charge in [-0.2, -0.15) is 0 Å². The second-order valence-corrected chi connectivity index (χ2v) is 4.01. The Kier molecular flexibility index (Phi) is 1.83. The van der Waals surface area contributed by atoms with Gasteiger partial charge in [0.15, 0.2) is 5.43 Å². The van der Waals surface area contributed by atoms with Crippen LogP contribution in [0, 0.1) is 6.92 Å². The highest BCUT2D eigenvalue weighted by atomic mass is 16.1. The Morgan fingerprint density at radius 1 is 1.12 bits per heavy atom. The van der Waals surface area contributed by atoms with Gasteiger partial charge in [-0.25, -0.2) is 0 Å². The lowest BCUT2D eigenvalue weighted by atomic mass is 10.0. The molecule has 3 rings (SSSR count). The number of H-pyrrole nitrogens is 1. The molecule has 2 heteroatoms. The molecule has 0 radical (unpaired) electrons.